The first-order valence-electron chi connectivity index (χ1n) is 10.9. The number of hydrogen-bond acceptors (Lipinski definition) is 6. The van der Waals surface area contributed by atoms with Crippen molar-refractivity contribution in [2.24, 2.45) is 0 Å². The highest BCUT2D eigenvalue weighted by Gasteiger charge is 2.30. The summed E-state index contributed by atoms with van der Waals surface area (Å²) in [6, 6.07) is 9.00. The van der Waals surface area contributed by atoms with Gasteiger partial charge in [0.15, 0.2) is 11.5 Å². The number of rotatable bonds is 9. The summed E-state index contributed by atoms with van der Waals surface area (Å²) in [6.45, 7) is 7.47. The first-order valence-corrected chi connectivity index (χ1v) is 11.3. The maximum absolute atomic E-state index is 13.5. The van der Waals surface area contributed by atoms with Gasteiger partial charge in [0.25, 0.3) is 6.43 Å². The minimum Gasteiger partial charge on any atom is -0.382 e. The third-order valence-corrected chi connectivity index (χ3v) is 6.06. The Labute approximate surface area is 201 Å². The van der Waals surface area contributed by atoms with Crippen molar-refractivity contribution < 1.29 is 8.78 Å². The SMILES string of the molecule is C=C/C(NC1CC1)=C(/C(C)=N)C(c1ccc(Cl)cc1)N(C)c1cc(C)c2nnc(C(F)F)n2n1. The second-order valence-electron chi connectivity index (χ2n) is 8.42. The van der Waals surface area contributed by atoms with Crippen LogP contribution in [-0.4, -0.2) is 38.6 Å². The number of aryl methyl sites for hydroxylation is 1. The van der Waals surface area contributed by atoms with Gasteiger partial charge in [0.2, 0.25) is 5.82 Å². The predicted molar refractivity (Wildman–Crippen MR) is 130 cm³/mol. The van der Waals surface area contributed by atoms with Crippen molar-refractivity contribution in [2.45, 2.75) is 45.2 Å². The smallest absolute Gasteiger partial charge is 0.299 e. The van der Waals surface area contributed by atoms with Crippen LogP contribution in [-0.2, 0) is 0 Å². The van der Waals surface area contributed by atoms with Crippen LogP contribution in [0.15, 0.2) is 54.3 Å². The number of alkyl halides is 2. The highest BCUT2D eigenvalue weighted by Crippen LogP contribution is 2.35. The minimum absolute atomic E-state index is 0.275. The lowest BCUT2D eigenvalue weighted by Crippen LogP contribution is -2.32. The van der Waals surface area contributed by atoms with E-state index >= 15 is 0 Å². The lowest BCUT2D eigenvalue weighted by atomic mass is 9.92. The molecule has 34 heavy (non-hydrogen) atoms. The van der Waals surface area contributed by atoms with Crippen LogP contribution in [0.5, 0.6) is 0 Å². The largest absolute Gasteiger partial charge is 0.382 e. The van der Waals surface area contributed by atoms with Crippen LogP contribution in [0.4, 0.5) is 14.6 Å². The zero-order chi connectivity index (χ0) is 24.6. The Morgan fingerprint density at radius 2 is 1.97 bits per heavy atom. The summed E-state index contributed by atoms with van der Waals surface area (Å²) in [5.41, 5.74) is 3.62. The van der Waals surface area contributed by atoms with Crippen LogP contribution >= 0.6 is 11.6 Å². The molecule has 1 atom stereocenters. The van der Waals surface area contributed by atoms with E-state index in [1.54, 1.807) is 38.1 Å². The molecule has 0 aliphatic heterocycles. The molecule has 0 spiro atoms. The Balaban J connectivity index is 1.90. The van der Waals surface area contributed by atoms with Gasteiger partial charge in [0.05, 0.1) is 6.04 Å². The van der Waals surface area contributed by atoms with Gasteiger partial charge in [-0.1, -0.05) is 30.3 Å². The molecule has 10 heteroatoms. The number of halogens is 3. The van der Waals surface area contributed by atoms with Crippen molar-refractivity contribution in [3.8, 4) is 0 Å². The standard InChI is InChI=1S/C24H26ClF2N7/c1-5-18(29-17-10-11-17)20(14(3)28)21(15-6-8-16(25)9-7-15)33(4)19-12-13(2)23-30-31-24(22(26)27)34(23)32-19/h5-9,12,17,21-22,28-29H,1,10-11H2,2-4H3/b20-18+,28-14?. The summed E-state index contributed by atoms with van der Waals surface area (Å²) in [5.74, 6) is -0.0854. The fourth-order valence-corrected chi connectivity index (χ4v) is 4.07. The van der Waals surface area contributed by atoms with Gasteiger partial charge in [-0.15, -0.1) is 15.3 Å². The molecule has 0 saturated heterocycles. The highest BCUT2D eigenvalue weighted by molar-refractivity contribution is 6.30. The molecule has 1 fully saturated rings. The molecule has 4 rings (SSSR count). The summed E-state index contributed by atoms with van der Waals surface area (Å²) >= 11 is 6.15. The summed E-state index contributed by atoms with van der Waals surface area (Å²) in [6.07, 6.45) is 1.03. The van der Waals surface area contributed by atoms with Gasteiger partial charge in [-0.2, -0.15) is 4.52 Å². The molecule has 2 aromatic heterocycles. The van der Waals surface area contributed by atoms with Crippen LogP contribution in [0.3, 0.4) is 0 Å². The number of nitrogens with zero attached hydrogens (tertiary/aromatic N) is 5. The summed E-state index contributed by atoms with van der Waals surface area (Å²) < 4.78 is 28.1. The van der Waals surface area contributed by atoms with Crippen LogP contribution < -0.4 is 10.2 Å². The lowest BCUT2D eigenvalue weighted by molar-refractivity contribution is 0.137. The van der Waals surface area contributed by atoms with Crippen molar-refractivity contribution >= 4 is 28.8 Å². The second-order valence-corrected chi connectivity index (χ2v) is 8.86. The van der Waals surface area contributed by atoms with E-state index in [0.29, 0.717) is 33.7 Å². The van der Waals surface area contributed by atoms with Gasteiger partial charge >= 0.3 is 0 Å². The summed E-state index contributed by atoms with van der Waals surface area (Å²) in [5, 5.41) is 24.6. The van der Waals surface area contributed by atoms with Gasteiger partial charge in [-0.25, -0.2) is 8.78 Å². The maximum atomic E-state index is 13.5. The molecule has 3 aromatic rings. The quantitative estimate of drug-likeness (QED) is 0.312. The molecule has 0 bridgehead atoms. The number of nitrogens with one attached hydrogen (secondary N) is 2. The number of aromatic nitrogens is 4. The Morgan fingerprint density at radius 3 is 2.53 bits per heavy atom. The number of benzene rings is 1. The number of allylic oxidation sites excluding steroid dienone is 1. The summed E-state index contributed by atoms with van der Waals surface area (Å²) in [7, 11) is 1.82. The zero-order valence-electron chi connectivity index (χ0n) is 19.2. The third kappa shape index (κ3) is 4.65. The summed E-state index contributed by atoms with van der Waals surface area (Å²) in [4.78, 5) is 1.86. The molecule has 2 N–H and O–H groups in total. The van der Waals surface area contributed by atoms with E-state index in [2.05, 4.69) is 27.2 Å². The molecular weight excluding hydrogens is 460 g/mol. The van der Waals surface area contributed by atoms with Crippen molar-refractivity contribution in [3.63, 3.8) is 0 Å². The van der Waals surface area contributed by atoms with Crippen LogP contribution in [0.25, 0.3) is 5.65 Å². The highest BCUT2D eigenvalue weighted by atomic mass is 35.5. The molecule has 1 saturated carbocycles. The van der Waals surface area contributed by atoms with Crippen molar-refractivity contribution in [2.75, 3.05) is 11.9 Å². The monoisotopic (exact) mass is 485 g/mol. The maximum Gasteiger partial charge on any atom is 0.299 e. The first-order chi connectivity index (χ1) is 16.2. The van der Waals surface area contributed by atoms with Gasteiger partial charge in [-0.3, -0.25) is 0 Å². The molecule has 7 nitrogen and oxygen atoms in total. The molecule has 1 aliphatic carbocycles. The van der Waals surface area contributed by atoms with Crippen molar-refractivity contribution in [1.29, 1.82) is 5.41 Å². The average Bonchev–Trinajstić information content (AvgIpc) is 3.51. The van der Waals surface area contributed by atoms with Gasteiger partial charge < -0.3 is 15.6 Å². The lowest BCUT2D eigenvalue weighted by Gasteiger charge is -2.33. The molecule has 0 amide bonds. The Morgan fingerprint density at radius 1 is 1.29 bits per heavy atom. The first kappa shape index (κ1) is 23.8. The predicted octanol–water partition coefficient (Wildman–Crippen LogP) is 5.43. The molecule has 1 aromatic carbocycles. The Hall–Kier alpha value is -3.33. The molecular formula is C24H26ClF2N7. The average molecular weight is 486 g/mol. The molecule has 2 heterocycles. The molecule has 1 unspecified atom stereocenters. The van der Waals surface area contributed by atoms with E-state index in [0.717, 1.165) is 28.6 Å². The number of anilines is 1. The minimum atomic E-state index is -2.82. The molecule has 178 valence electrons. The fourth-order valence-electron chi connectivity index (χ4n) is 3.94. The van der Waals surface area contributed by atoms with Crippen molar-refractivity contribution in [1.82, 2.24) is 25.1 Å². The number of hydrogen-bond donors (Lipinski definition) is 2. The number of fused-ring (bicyclic) bond motifs is 1. The van der Waals surface area contributed by atoms with Crippen LogP contribution in [0.2, 0.25) is 5.02 Å². The van der Waals surface area contributed by atoms with Crippen LogP contribution in [0.1, 0.15) is 49.2 Å². The fraction of sp³-hybridized carbons (Fsp3) is 0.333. The molecule has 1 aliphatic rings. The second kappa shape index (κ2) is 9.50. The Bertz CT molecular complexity index is 1260. The Kier molecular flexibility index (Phi) is 6.65. The van der Waals surface area contributed by atoms with E-state index in [1.165, 1.54) is 0 Å². The van der Waals surface area contributed by atoms with E-state index in [-0.39, 0.29) is 5.65 Å². The van der Waals surface area contributed by atoms with E-state index in [9.17, 15) is 8.78 Å². The number of likely N-dealkylation sites (N-methyl/N-ethyl adjacent to an activating group) is 1. The zero-order valence-corrected chi connectivity index (χ0v) is 19.9. The van der Waals surface area contributed by atoms with Gasteiger partial charge in [-0.05, 0) is 62.1 Å². The third-order valence-electron chi connectivity index (χ3n) is 5.80. The van der Waals surface area contributed by atoms with E-state index in [1.807, 2.05) is 24.1 Å². The van der Waals surface area contributed by atoms with Gasteiger partial charge in [0.1, 0.15) is 0 Å². The van der Waals surface area contributed by atoms with Crippen molar-refractivity contribution in [3.05, 3.63) is 76.2 Å². The topological polar surface area (TPSA) is 82.2 Å². The normalized spacial score (nSPS) is 15.3. The van der Waals surface area contributed by atoms with Crippen LogP contribution in [0, 0.1) is 12.3 Å². The van der Waals surface area contributed by atoms with E-state index in [4.69, 9.17) is 17.0 Å². The van der Waals surface area contributed by atoms with E-state index < -0.39 is 18.3 Å². The van der Waals surface area contributed by atoms with Gasteiger partial charge in [0, 0.05) is 35.1 Å². The molecule has 0 radical (unpaired) electrons.